The zero-order valence-corrected chi connectivity index (χ0v) is 22.1. The Morgan fingerprint density at radius 3 is 2.72 bits per heavy atom. The van der Waals surface area contributed by atoms with Gasteiger partial charge >= 0.3 is 0 Å². The van der Waals surface area contributed by atoms with Crippen molar-refractivity contribution in [3.8, 4) is 11.3 Å². The van der Waals surface area contributed by atoms with Gasteiger partial charge in [0.2, 0.25) is 0 Å². The molecule has 0 amide bonds. The fraction of sp³-hybridized carbons (Fsp3) is 0.267. The maximum absolute atomic E-state index is 4.91. The number of nitrogens with zero attached hydrogens (tertiary/aromatic N) is 4. The van der Waals surface area contributed by atoms with Crippen molar-refractivity contribution in [2.75, 3.05) is 25.0 Å². The number of aryl methyl sites for hydroxylation is 1. The van der Waals surface area contributed by atoms with Crippen LogP contribution in [0.15, 0.2) is 83.5 Å². The summed E-state index contributed by atoms with van der Waals surface area (Å²) in [6.07, 6.45) is 4.29. The SMILES string of the molecule is Cc1ccccc1-c1cc(NCC2CCCN(Cc3ccc4ccccc4c3)C2)n2ncc(Br)c2n1. The molecule has 5 nitrogen and oxygen atoms in total. The summed E-state index contributed by atoms with van der Waals surface area (Å²) in [6, 6.07) is 26.0. The molecule has 1 N–H and O–H groups in total. The highest BCUT2D eigenvalue weighted by Crippen LogP contribution is 2.28. The molecule has 0 bridgehead atoms. The predicted molar refractivity (Wildman–Crippen MR) is 151 cm³/mol. The number of likely N-dealkylation sites (tertiary alicyclic amines) is 1. The van der Waals surface area contributed by atoms with Gasteiger partial charge in [0.25, 0.3) is 0 Å². The lowest BCUT2D eigenvalue weighted by Gasteiger charge is -2.33. The van der Waals surface area contributed by atoms with Crippen LogP contribution < -0.4 is 5.32 Å². The minimum atomic E-state index is 0.586. The maximum Gasteiger partial charge on any atom is 0.172 e. The van der Waals surface area contributed by atoms with Gasteiger partial charge in [0, 0.05) is 31.3 Å². The number of nitrogens with one attached hydrogen (secondary N) is 1. The summed E-state index contributed by atoms with van der Waals surface area (Å²) in [6.45, 7) is 6.31. The molecule has 1 aliphatic heterocycles. The lowest BCUT2D eigenvalue weighted by molar-refractivity contribution is 0.173. The smallest absolute Gasteiger partial charge is 0.172 e. The Bertz CT molecular complexity index is 1520. The summed E-state index contributed by atoms with van der Waals surface area (Å²) in [5.41, 5.74) is 5.55. The summed E-state index contributed by atoms with van der Waals surface area (Å²) in [5.74, 6) is 1.57. The zero-order chi connectivity index (χ0) is 24.5. The third-order valence-corrected chi connectivity index (χ3v) is 7.80. The van der Waals surface area contributed by atoms with Crippen molar-refractivity contribution in [2.45, 2.75) is 26.3 Å². The second-order valence-electron chi connectivity index (χ2n) is 9.88. The molecule has 3 aromatic carbocycles. The number of aromatic nitrogens is 3. The van der Waals surface area contributed by atoms with Crippen LogP contribution in [0, 0.1) is 12.8 Å². The first-order valence-corrected chi connectivity index (χ1v) is 13.5. The number of fused-ring (bicyclic) bond motifs is 2. The van der Waals surface area contributed by atoms with Gasteiger partial charge in [-0.2, -0.15) is 9.61 Å². The second kappa shape index (κ2) is 10.0. The molecule has 1 unspecified atom stereocenters. The Morgan fingerprint density at radius 1 is 1.00 bits per heavy atom. The van der Waals surface area contributed by atoms with Crippen LogP contribution in [0.3, 0.4) is 0 Å². The first-order valence-electron chi connectivity index (χ1n) is 12.7. The molecule has 1 aliphatic rings. The van der Waals surface area contributed by atoms with Crippen LogP contribution in [0.2, 0.25) is 0 Å². The van der Waals surface area contributed by atoms with Crippen LogP contribution >= 0.6 is 15.9 Å². The van der Waals surface area contributed by atoms with Crippen LogP contribution in [-0.2, 0) is 6.54 Å². The molecular weight excluding hydrogens is 510 g/mol. The molecule has 1 fully saturated rings. The standard InChI is InChI=1S/C30H30BrN5/c1-21-7-2-5-11-26(21)28-16-29(36-30(34-28)27(31)18-33-36)32-17-23-8-6-14-35(20-23)19-22-12-13-24-9-3-4-10-25(24)15-22/h2-5,7,9-13,15-16,18,23,32H,6,8,14,17,19-20H2,1H3. The number of hydrogen-bond acceptors (Lipinski definition) is 4. The maximum atomic E-state index is 4.91. The van der Waals surface area contributed by atoms with Gasteiger partial charge in [-0.25, -0.2) is 4.98 Å². The van der Waals surface area contributed by atoms with Crippen molar-refractivity contribution in [1.29, 1.82) is 0 Å². The Kier molecular flexibility index (Phi) is 6.46. The fourth-order valence-electron chi connectivity index (χ4n) is 5.37. The second-order valence-corrected chi connectivity index (χ2v) is 10.7. The summed E-state index contributed by atoms with van der Waals surface area (Å²) < 4.78 is 2.81. The summed E-state index contributed by atoms with van der Waals surface area (Å²) in [4.78, 5) is 7.51. The predicted octanol–water partition coefficient (Wildman–Crippen LogP) is 6.94. The lowest BCUT2D eigenvalue weighted by atomic mass is 9.97. The fourth-order valence-corrected chi connectivity index (χ4v) is 5.71. The molecule has 0 aliphatic carbocycles. The minimum Gasteiger partial charge on any atom is -0.370 e. The van der Waals surface area contributed by atoms with E-state index in [4.69, 9.17) is 4.98 Å². The quantitative estimate of drug-likeness (QED) is 0.253. The van der Waals surface area contributed by atoms with E-state index in [2.05, 4.69) is 111 Å². The van der Waals surface area contributed by atoms with Crippen LogP contribution in [0.4, 0.5) is 5.82 Å². The van der Waals surface area contributed by atoms with Gasteiger partial charge in [-0.05, 0) is 76.1 Å². The van der Waals surface area contributed by atoms with Gasteiger partial charge in [0.1, 0.15) is 5.82 Å². The van der Waals surface area contributed by atoms with E-state index in [1.807, 2.05) is 10.7 Å². The number of hydrogen-bond donors (Lipinski definition) is 1. The van der Waals surface area contributed by atoms with Gasteiger partial charge < -0.3 is 5.32 Å². The van der Waals surface area contributed by atoms with Crippen LogP contribution in [0.5, 0.6) is 0 Å². The van der Waals surface area contributed by atoms with Crippen molar-refractivity contribution in [2.24, 2.45) is 5.92 Å². The molecule has 0 saturated carbocycles. The summed E-state index contributed by atoms with van der Waals surface area (Å²) >= 11 is 3.63. The van der Waals surface area contributed by atoms with E-state index in [0.717, 1.165) is 53.4 Å². The number of rotatable bonds is 6. The molecule has 182 valence electrons. The van der Waals surface area contributed by atoms with Crippen molar-refractivity contribution in [3.63, 3.8) is 0 Å². The largest absolute Gasteiger partial charge is 0.370 e. The molecule has 0 radical (unpaired) electrons. The van der Waals surface area contributed by atoms with Crippen LogP contribution in [0.1, 0.15) is 24.0 Å². The van der Waals surface area contributed by atoms with Crippen LogP contribution in [0.25, 0.3) is 27.7 Å². The van der Waals surface area contributed by atoms with Gasteiger partial charge in [0.15, 0.2) is 5.65 Å². The van der Waals surface area contributed by atoms with Crippen molar-refractivity contribution < 1.29 is 0 Å². The Morgan fingerprint density at radius 2 is 1.83 bits per heavy atom. The molecule has 6 rings (SSSR count). The van der Waals surface area contributed by atoms with Crippen LogP contribution in [-0.4, -0.2) is 39.1 Å². The van der Waals surface area contributed by atoms with Crippen molar-refractivity contribution >= 4 is 38.2 Å². The lowest BCUT2D eigenvalue weighted by Crippen LogP contribution is -2.37. The topological polar surface area (TPSA) is 45.5 Å². The first-order chi connectivity index (χ1) is 17.6. The molecular formula is C30H30BrN5. The Labute approximate surface area is 220 Å². The highest BCUT2D eigenvalue weighted by atomic mass is 79.9. The first kappa shape index (κ1) is 23.2. The Balaban J connectivity index is 1.18. The summed E-state index contributed by atoms with van der Waals surface area (Å²) in [7, 11) is 0. The van der Waals surface area contributed by atoms with E-state index in [9.17, 15) is 0 Å². The minimum absolute atomic E-state index is 0.586. The van der Waals surface area contributed by atoms with Gasteiger partial charge in [-0.1, -0.05) is 60.7 Å². The molecule has 6 heteroatoms. The third-order valence-electron chi connectivity index (χ3n) is 7.24. The highest BCUT2D eigenvalue weighted by Gasteiger charge is 2.21. The number of piperidine rings is 1. The molecule has 0 spiro atoms. The van der Waals surface area contributed by atoms with Gasteiger partial charge in [-0.3, -0.25) is 4.90 Å². The summed E-state index contributed by atoms with van der Waals surface area (Å²) in [5, 5.41) is 10.9. The zero-order valence-electron chi connectivity index (χ0n) is 20.5. The van der Waals surface area contributed by atoms with Crippen molar-refractivity contribution in [1.82, 2.24) is 19.5 Å². The van der Waals surface area contributed by atoms with E-state index in [1.165, 1.54) is 34.7 Å². The molecule has 3 heterocycles. The van der Waals surface area contributed by atoms with E-state index >= 15 is 0 Å². The monoisotopic (exact) mass is 539 g/mol. The van der Waals surface area contributed by atoms with E-state index in [1.54, 1.807) is 0 Å². The normalized spacial score (nSPS) is 16.6. The van der Waals surface area contributed by atoms with E-state index in [0.29, 0.717) is 5.92 Å². The molecule has 36 heavy (non-hydrogen) atoms. The average molecular weight is 541 g/mol. The average Bonchev–Trinajstić information content (AvgIpc) is 3.28. The van der Waals surface area contributed by atoms with Crippen molar-refractivity contribution in [3.05, 3.63) is 94.6 Å². The van der Waals surface area contributed by atoms with E-state index < -0.39 is 0 Å². The molecule has 1 saturated heterocycles. The van der Waals surface area contributed by atoms with E-state index in [-0.39, 0.29) is 0 Å². The number of halogens is 1. The van der Waals surface area contributed by atoms with Gasteiger partial charge in [0.05, 0.1) is 16.4 Å². The Hall–Kier alpha value is -3.22. The number of benzene rings is 3. The van der Waals surface area contributed by atoms with Gasteiger partial charge in [-0.15, -0.1) is 0 Å². The number of anilines is 1. The highest BCUT2D eigenvalue weighted by molar-refractivity contribution is 9.10. The molecule has 2 aromatic heterocycles. The molecule has 5 aromatic rings. The third kappa shape index (κ3) is 4.75. The molecule has 1 atom stereocenters.